The first kappa shape index (κ1) is 24.8. The Balaban J connectivity index is 1.50. The lowest BCUT2D eigenvalue weighted by Gasteiger charge is -2.09. The number of carbonyl (C=O) groups excluding carboxylic acids is 3. The highest BCUT2D eigenvalue weighted by atomic mass is 35.5. The lowest BCUT2D eigenvalue weighted by atomic mass is 10.2. The number of benzene rings is 3. The summed E-state index contributed by atoms with van der Waals surface area (Å²) >= 11 is 12.0. The summed E-state index contributed by atoms with van der Waals surface area (Å²) in [4.78, 5) is 36.1. The minimum Gasteiger partial charge on any atom is -0.484 e. The van der Waals surface area contributed by atoms with Crippen LogP contribution in [0, 0.1) is 6.92 Å². The molecule has 0 atom stereocenters. The summed E-state index contributed by atoms with van der Waals surface area (Å²) in [6.07, 6.45) is 1.34. The van der Waals surface area contributed by atoms with Crippen molar-refractivity contribution in [1.82, 2.24) is 5.43 Å². The van der Waals surface area contributed by atoms with Crippen LogP contribution in [0.5, 0.6) is 5.75 Å². The number of rotatable bonds is 7. The fraction of sp³-hybridized carbons (Fsp3) is 0.0833. The van der Waals surface area contributed by atoms with Crippen molar-refractivity contribution in [2.45, 2.75) is 6.92 Å². The first-order valence-corrected chi connectivity index (χ1v) is 10.8. The van der Waals surface area contributed by atoms with Gasteiger partial charge in [-0.05, 0) is 48.4 Å². The van der Waals surface area contributed by atoms with Gasteiger partial charge in [0.1, 0.15) is 5.75 Å². The van der Waals surface area contributed by atoms with Gasteiger partial charge in [0.15, 0.2) is 6.61 Å². The maximum absolute atomic E-state index is 12.1. The Morgan fingerprint density at radius 3 is 2.44 bits per heavy atom. The van der Waals surface area contributed by atoms with Crippen molar-refractivity contribution >= 4 is 58.5 Å². The van der Waals surface area contributed by atoms with Crippen LogP contribution in [0.1, 0.15) is 11.1 Å². The van der Waals surface area contributed by atoms with E-state index in [2.05, 4.69) is 21.2 Å². The van der Waals surface area contributed by atoms with E-state index in [1.165, 1.54) is 6.21 Å². The second-order valence-electron chi connectivity index (χ2n) is 6.98. The molecule has 0 unspecified atom stereocenters. The number of nitrogens with one attached hydrogen (secondary N) is 3. The molecule has 0 aliphatic carbocycles. The van der Waals surface area contributed by atoms with E-state index in [4.69, 9.17) is 27.9 Å². The van der Waals surface area contributed by atoms with Gasteiger partial charge < -0.3 is 15.4 Å². The number of hydrogen-bond donors (Lipinski definition) is 3. The van der Waals surface area contributed by atoms with Crippen molar-refractivity contribution in [2.75, 3.05) is 17.2 Å². The Bertz CT molecular complexity index is 1250. The first-order chi connectivity index (χ1) is 16.3. The van der Waals surface area contributed by atoms with Crippen LogP contribution >= 0.6 is 23.2 Å². The molecule has 10 heteroatoms. The molecular formula is C24H20Cl2N4O4. The van der Waals surface area contributed by atoms with Crippen LogP contribution in [0.3, 0.4) is 0 Å². The molecule has 0 saturated heterocycles. The van der Waals surface area contributed by atoms with Crippen LogP contribution in [0.2, 0.25) is 10.0 Å². The van der Waals surface area contributed by atoms with Crippen molar-refractivity contribution in [3.63, 3.8) is 0 Å². The van der Waals surface area contributed by atoms with Crippen molar-refractivity contribution < 1.29 is 19.1 Å². The number of ether oxygens (including phenoxy) is 1. The molecule has 0 aliphatic heterocycles. The molecule has 0 heterocycles. The van der Waals surface area contributed by atoms with Gasteiger partial charge in [0.25, 0.3) is 5.91 Å². The van der Waals surface area contributed by atoms with E-state index in [1.807, 2.05) is 19.1 Å². The zero-order valence-corrected chi connectivity index (χ0v) is 19.5. The molecule has 0 aromatic heterocycles. The van der Waals surface area contributed by atoms with Gasteiger partial charge in [-0.1, -0.05) is 59.6 Å². The van der Waals surface area contributed by atoms with Crippen molar-refractivity contribution in [3.8, 4) is 5.75 Å². The highest BCUT2D eigenvalue weighted by Gasteiger charge is 2.13. The van der Waals surface area contributed by atoms with E-state index < -0.39 is 17.7 Å². The lowest BCUT2D eigenvalue weighted by molar-refractivity contribution is -0.136. The summed E-state index contributed by atoms with van der Waals surface area (Å²) in [6.45, 7) is 1.55. The highest BCUT2D eigenvalue weighted by Crippen LogP contribution is 2.29. The molecule has 3 aromatic carbocycles. The van der Waals surface area contributed by atoms with E-state index in [-0.39, 0.29) is 11.6 Å². The molecule has 34 heavy (non-hydrogen) atoms. The van der Waals surface area contributed by atoms with Crippen molar-refractivity contribution in [1.29, 1.82) is 0 Å². The molecule has 8 nitrogen and oxygen atoms in total. The summed E-state index contributed by atoms with van der Waals surface area (Å²) in [6, 6.07) is 18.7. The van der Waals surface area contributed by atoms with E-state index in [0.717, 1.165) is 5.56 Å². The summed E-state index contributed by atoms with van der Waals surface area (Å²) in [5.41, 5.74) is 4.49. The summed E-state index contributed by atoms with van der Waals surface area (Å²) in [5, 5.41) is 9.50. The van der Waals surface area contributed by atoms with Gasteiger partial charge in [-0.2, -0.15) is 5.10 Å². The minimum absolute atomic E-state index is 0.241. The van der Waals surface area contributed by atoms with Crippen LogP contribution < -0.4 is 20.8 Å². The summed E-state index contributed by atoms with van der Waals surface area (Å²) < 4.78 is 5.49. The predicted octanol–water partition coefficient (Wildman–Crippen LogP) is 4.41. The molecule has 174 valence electrons. The SMILES string of the molecule is Cc1ccccc1NC(=O)C(=O)N/N=C\c1cccc(OCC(=O)Nc2cccc(Cl)c2Cl)c1. The van der Waals surface area contributed by atoms with Crippen molar-refractivity contribution in [3.05, 3.63) is 87.9 Å². The van der Waals surface area contributed by atoms with E-state index in [1.54, 1.807) is 54.6 Å². The van der Waals surface area contributed by atoms with Crippen LogP contribution in [-0.4, -0.2) is 30.5 Å². The number of para-hydroxylation sites is 1. The Morgan fingerprint density at radius 1 is 0.912 bits per heavy atom. The number of nitrogens with zero attached hydrogens (tertiary/aromatic N) is 1. The number of hydrazone groups is 1. The number of carbonyl (C=O) groups is 3. The minimum atomic E-state index is -0.914. The molecule has 0 aliphatic rings. The zero-order valence-electron chi connectivity index (χ0n) is 18.0. The fourth-order valence-electron chi connectivity index (χ4n) is 2.73. The molecule has 0 fully saturated rings. The third kappa shape index (κ3) is 7.06. The van der Waals surface area contributed by atoms with Gasteiger partial charge in [0.2, 0.25) is 0 Å². The predicted molar refractivity (Wildman–Crippen MR) is 133 cm³/mol. The standard InChI is InChI=1S/C24H20Cl2N4O4/c1-15-6-2-3-10-19(15)29-23(32)24(33)30-27-13-16-7-4-8-17(12-16)34-14-21(31)28-20-11-5-9-18(25)22(20)26/h2-13H,14H2,1H3,(H,28,31)(H,29,32)(H,30,33)/b27-13-. The molecular weight excluding hydrogens is 479 g/mol. The molecule has 3 amide bonds. The number of halogens is 2. The molecule has 0 spiro atoms. The monoisotopic (exact) mass is 498 g/mol. The maximum atomic E-state index is 12.1. The quantitative estimate of drug-likeness (QED) is 0.254. The molecule has 3 rings (SSSR count). The van der Waals surface area contributed by atoms with Gasteiger partial charge in [-0.15, -0.1) is 0 Å². The number of aryl methyl sites for hydroxylation is 1. The summed E-state index contributed by atoms with van der Waals surface area (Å²) in [7, 11) is 0. The number of hydrogen-bond acceptors (Lipinski definition) is 5. The van der Waals surface area contributed by atoms with Gasteiger partial charge in [0.05, 0.1) is 21.9 Å². The topological polar surface area (TPSA) is 109 Å². The van der Waals surface area contributed by atoms with Gasteiger partial charge in [-0.25, -0.2) is 5.43 Å². The van der Waals surface area contributed by atoms with Crippen LogP contribution in [0.4, 0.5) is 11.4 Å². The number of amides is 3. The van der Waals surface area contributed by atoms with Gasteiger partial charge >= 0.3 is 11.8 Å². The zero-order chi connectivity index (χ0) is 24.5. The molecule has 3 N–H and O–H groups in total. The lowest BCUT2D eigenvalue weighted by Crippen LogP contribution is -2.32. The highest BCUT2D eigenvalue weighted by molar-refractivity contribution is 6.44. The van der Waals surface area contributed by atoms with Gasteiger partial charge in [0, 0.05) is 5.69 Å². The average Bonchev–Trinajstić information content (AvgIpc) is 2.82. The Hall–Kier alpha value is -3.88. The Kier molecular flexibility index (Phi) is 8.61. The van der Waals surface area contributed by atoms with E-state index in [0.29, 0.717) is 27.7 Å². The van der Waals surface area contributed by atoms with Gasteiger partial charge in [-0.3, -0.25) is 14.4 Å². The van der Waals surface area contributed by atoms with E-state index >= 15 is 0 Å². The second-order valence-corrected chi connectivity index (χ2v) is 7.76. The first-order valence-electron chi connectivity index (χ1n) is 10.00. The Morgan fingerprint density at radius 2 is 1.65 bits per heavy atom. The van der Waals surface area contributed by atoms with E-state index in [9.17, 15) is 14.4 Å². The molecule has 0 saturated carbocycles. The molecule has 3 aromatic rings. The molecule has 0 radical (unpaired) electrons. The van der Waals surface area contributed by atoms with Crippen LogP contribution in [0.15, 0.2) is 71.8 Å². The summed E-state index contributed by atoms with van der Waals surface area (Å²) in [5.74, 6) is -1.77. The third-order valence-electron chi connectivity index (χ3n) is 4.43. The number of anilines is 2. The van der Waals surface area contributed by atoms with Crippen LogP contribution in [-0.2, 0) is 14.4 Å². The van der Waals surface area contributed by atoms with Crippen molar-refractivity contribution in [2.24, 2.45) is 5.10 Å². The molecule has 0 bridgehead atoms. The Labute approximate surface area is 205 Å². The largest absolute Gasteiger partial charge is 0.484 e. The average molecular weight is 499 g/mol. The third-order valence-corrected chi connectivity index (χ3v) is 5.25. The normalized spacial score (nSPS) is 10.6. The fourth-order valence-corrected chi connectivity index (χ4v) is 3.08. The maximum Gasteiger partial charge on any atom is 0.329 e. The van der Waals surface area contributed by atoms with Crippen LogP contribution in [0.25, 0.3) is 0 Å². The smallest absolute Gasteiger partial charge is 0.329 e. The second kappa shape index (κ2) is 11.8.